The minimum absolute atomic E-state index is 0.0618. The summed E-state index contributed by atoms with van der Waals surface area (Å²) in [5.74, 6) is -2.09. The highest BCUT2D eigenvalue weighted by molar-refractivity contribution is 6.07. The fourth-order valence-corrected chi connectivity index (χ4v) is 4.11. The van der Waals surface area contributed by atoms with Crippen LogP contribution in [0.5, 0.6) is 0 Å². The van der Waals surface area contributed by atoms with E-state index in [4.69, 9.17) is 0 Å². The summed E-state index contributed by atoms with van der Waals surface area (Å²) in [7, 11) is 0. The van der Waals surface area contributed by atoms with Gasteiger partial charge in [-0.2, -0.15) is 13.2 Å². The molecule has 0 bridgehead atoms. The van der Waals surface area contributed by atoms with Gasteiger partial charge in [-0.25, -0.2) is 0 Å². The predicted octanol–water partition coefficient (Wildman–Crippen LogP) is 4.94. The first-order valence-electron chi connectivity index (χ1n) is 11.3. The number of alkyl halides is 3. The van der Waals surface area contributed by atoms with E-state index in [1.807, 2.05) is 31.2 Å². The molecule has 2 N–H and O–H groups in total. The largest absolute Gasteiger partial charge is 0.416 e. The van der Waals surface area contributed by atoms with Gasteiger partial charge in [0, 0.05) is 25.2 Å². The summed E-state index contributed by atoms with van der Waals surface area (Å²) in [4.78, 5) is 39.5. The lowest BCUT2D eigenvalue weighted by molar-refractivity contribution is -0.137. The summed E-state index contributed by atoms with van der Waals surface area (Å²) in [5.41, 5.74) is 1.77. The molecule has 0 aromatic heterocycles. The van der Waals surface area contributed by atoms with Gasteiger partial charge in [0.2, 0.25) is 11.8 Å². The summed E-state index contributed by atoms with van der Waals surface area (Å²) < 4.78 is 39.2. The molecule has 1 aliphatic rings. The molecular formula is C27H24F3N3O3. The van der Waals surface area contributed by atoms with E-state index in [-0.39, 0.29) is 35.8 Å². The third kappa shape index (κ3) is 5.73. The number of rotatable bonds is 6. The molecule has 36 heavy (non-hydrogen) atoms. The molecule has 3 amide bonds. The molecule has 1 heterocycles. The van der Waals surface area contributed by atoms with Gasteiger partial charge in [-0.1, -0.05) is 48.0 Å². The molecule has 3 aromatic carbocycles. The van der Waals surface area contributed by atoms with Crippen LogP contribution in [0.4, 0.5) is 24.5 Å². The highest BCUT2D eigenvalue weighted by Crippen LogP contribution is 2.33. The number of benzene rings is 3. The van der Waals surface area contributed by atoms with E-state index in [9.17, 15) is 27.6 Å². The van der Waals surface area contributed by atoms with Gasteiger partial charge in [-0.05, 0) is 42.8 Å². The minimum Gasteiger partial charge on any atom is -0.348 e. The van der Waals surface area contributed by atoms with Crippen LogP contribution in [0.1, 0.15) is 33.5 Å². The number of carbonyl (C=O) groups excluding carboxylic acids is 3. The SMILES string of the molecule is Cc1cccc(CNC(=O)c2ccccc2NC(=O)[C@@H]2CC(=O)N(c3cccc(C(F)(F)F)c3)C2)c1. The van der Waals surface area contributed by atoms with Gasteiger partial charge in [-0.3, -0.25) is 14.4 Å². The topological polar surface area (TPSA) is 78.5 Å². The monoisotopic (exact) mass is 495 g/mol. The number of hydrogen-bond acceptors (Lipinski definition) is 3. The van der Waals surface area contributed by atoms with E-state index >= 15 is 0 Å². The standard InChI is InChI=1S/C27H24F3N3O3/c1-17-6-4-7-18(12-17)15-31-26(36)22-10-2-3-11-23(22)32-25(35)19-13-24(34)33(16-19)21-9-5-8-20(14-21)27(28,29)30/h2-12,14,19H,13,15-16H2,1H3,(H,31,36)(H,32,35)/t19-/m1/s1. The average Bonchev–Trinajstić information content (AvgIpc) is 3.24. The Bertz CT molecular complexity index is 1310. The molecule has 1 saturated heterocycles. The molecule has 1 aliphatic heterocycles. The predicted molar refractivity (Wildman–Crippen MR) is 129 cm³/mol. The molecule has 6 nitrogen and oxygen atoms in total. The zero-order chi connectivity index (χ0) is 25.9. The zero-order valence-electron chi connectivity index (χ0n) is 19.4. The van der Waals surface area contributed by atoms with Crippen LogP contribution in [0.2, 0.25) is 0 Å². The van der Waals surface area contributed by atoms with Crippen molar-refractivity contribution in [2.45, 2.75) is 26.1 Å². The second kappa shape index (κ2) is 10.2. The fourth-order valence-electron chi connectivity index (χ4n) is 4.11. The molecule has 0 aliphatic carbocycles. The number of hydrogen-bond donors (Lipinski definition) is 2. The van der Waals surface area contributed by atoms with E-state index < -0.39 is 29.5 Å². The normalized spacial score (nSPS) is 15.6. The Morgan fingerprint density at radius 3 is 2.50 bits per heavy atom. The van der Waals surface area contributed by atoms with Crippen molar-refractivity contribution in [3.05, 3.63) is 95.1 Å². The molecule has 9 heteroatoms. The molecule has 3 aromatic rings. The van der Waals surface area contributed by atoms with Crippen molar-refractivity contribution in [2.75, 3.05) is 16.8 Å². The number of carbonyl (C=O) groups is 3. The number of aryl methyl sites for hydroxylation is 1. The second-order valence-corrected chi connectivity index (χ2v) is 8.66. The van der Waals surface area contributed by atoms with Crippen molar-refractivity contribution in [3.8, 4) is 0 Å². The van der Waals surface area contributed by atoms with Gasteiger partial charge in [0.25, 0.3) is 5.91 Å². The van der Waals surface area contributed by atoms with E-state index in [0.29, 0.717) is 6.54 Å². The molecule has 186 valence electrons. The van der Waals surface area contributed by atoms with Gasteiger partial charge in [-0.15, -0.1) is 0 Å². The molecule has 4 rings (SSSR count). The van der Waals surface area contributed by atoms with E-state index in [2.05, 4.69) is 10.6 Å². The lowest BCUT2D eigenvalue weighted by Gasteiger charge is -2.18. The highest BCUT2D eigenvalue weighted by atomic mass is 19.4. The van der Waals surface area contributed by atoms with Crippen LogP contribution in [-0.2, 0) is 22.3 Å². The van der Waals surface area contributed by atoms with Crippen molar-refractivity contribution in [1.29, 1.82) is 0 Å². The molecule has 1 atom stereocenters. The maximum Gasteiger partial charge on any atom is 0.416 e. The number of amides is 3. The van der Waals surface area contributed by atoms with E-state index in [0.717, 1.165) is 23.3 Å². The van der Waals surface area contributed by atoms with Crippen LogP contribution in [-0.4, -0.2) is 24.3 Å². The molecule has 0 spiro atoms. The first-order chi connectivity index (χ1) is 17.1. The zero-order valence-corrected chi connectivity index (χ0v) is 19.4. The number of halogens is 3. The molecular weight excluding hydrogens is 471 g/mol. The second-order valence-electron chi connectivity index (χ2n) is 8.66. The van der Waals surface area contributed by atoms with Gasteiger partial charge in [0.15, 0.2) is 0 Å². The molecule has 0 saturated carbocycles. The van der Waals surface area contributed by atoms with Gasteiger partial charge in [0.1, 0.15) is 0 Å². The Labute approximate surface area is 206 Å². The molecule has 0 unspecified atom stereocenters. The van der Waals surface area contributed by atoms with Crippen LogP contribution in [0.25, 0.3) is 0 Å². The number of nitrogens with zero attached hydrogens (tertiary/aromatic N) is 1. The van der Waals surface area contributed by atoms with Crippen LogP contribution in [0, 0.1) is 12.8 Å². The summed E-state index contributed by atoms with van der Waals surface area (Å²) in [5, 5.41) is 5.54. The van der Waals surface area contributed by atoms with Crippen LogP contribution in [0.15, 0.2) is 72.8 Å². The average molecular weight is 496 g/mol. The van der Waals surface area contributed by atoms with Crippen LogP contribution >= 0.6 is 0 Å². The Morgan fingerprint density at radius 2 is 1.75 bits per heavy atom. The van der Waals surface area contributed by atoms with E-state index in [1.165, 1.54) is 17.0 Å². The summed E-state index contributed by atoms with van der Waals surface area (Å²) in [6.07, 6.45) is -4.69. The third-order valence-electron chi connectivity index (χ3n) is 5.95. The highest BCUT2D eigenvalue weighted by Gasteiger charge is 2.37. The van der Waals surface area contributed by atoms with Crippen molar-refractivity contribution in [1.82, 2.24) is 5.32 Å². The van der Waals surface area contributed by atoms with Crippen molar-refractivity contribution < 1.29 is 27.6 Å². The van der Waals surface area contributed by atoms with Crippen molar-refractivity contribution >= 4 is 29.1 Å². The first kappa shape index (κ1) is 25.0. The Balaban J connectivity index is 1.43. The fraction of sp³-hybridized carbons (Fsp3) is 0.222. The third-order valence-corrected chi connectivity index (χ3v) is 5.95. The maximum absolute atomic E-state index is 13.1. The smallest absolute Gasteiger partial charge is 0.348 e. The van der Waals surface area contributed by atoms with Crippen LogP contribution < -0.4 is 15.5 Å². The van der Waals surface area contributed by atoms with Gasteiger partial charge < -0.3 is 15.5 Å². The lowest BCUT2D eigenvalue weighted by atomic mass is 10.1. The van der Waals surface area contributed by atoms with Gasteiger partial charge in [0.05, 0.1) is 22.7 Å². The van der Waals surface area contributed by atoms with E-state index in [1.54, 1.807) is 24.3 Å². The first-order valence-corrected chi connectivity index (χ1v) is 11.3. The summed E-state index contributed by atoms with van der Waals surface area (Å²) >= 11 is 0. The molecule has 0 radical (unpaired) electrons. The summed E-state index contributed by atoms with van der Waals surface area (Å²) in [6.45, 7) is 2.21. The maximum atomic E-state index is 13.1. The van der Waals surface area contributed by atoms with Crippen molar-refractivity contribution in [3.63, 3.8) is 0 Å². The Hall–Kier alpha value is -4.14. The van der Waals surface area contributed by atoms with Gasteiger partial charge >= 0.3 is 6.18 Å². The summed E-state index contributed by atoms with van der Waals surface area (Å²) in [6, 6.07) is 18.7. The molecule has 1 fully saturated rings. The number of anilines is 2. The Morgan fingerprint density at radius 1 is 1.00 bits per heavy atom. The minimum atomic E-state index is -4.54. The quantitative estimate of drug-likeness (QED) is 0.509. The van der Waals surface area contributed by atoms with Crippen LogP contribution in [0.3, 0.4) is 0 Å². The number of nitrogens with one attached hydrogen (secondary N) is 2. The number of para-hydroxylation sites is 1. The lowest BCUT2D eigenvalue weighted by Crippen LogP contribution is -2.29. The van der Waals surface area contributed by atoms with Crippen molar-refractivity contribution in [2.24, 2.45) is 5.92 Å². The Kier molecular flexibility index (Phi) is 7.10.